The van der Waals surface area contributed by atoms with Gasteiger partial charge in [0.15, 0.2) is 5.94 Å². The molecule has 0 unspecified atom stereocenters. The molecule has 1 aromatic carbocycles. The average molecular weight is 353 g/mol. The Morgan fingerprint density at radius 2 is 1.62 bits per heavy atom. The third kappa shape index (κ3) is 4.47. The van der Waals surface area contributed by atoms with Gasteiger partial charge in [-0.15, -0.1) is 0 Å². The number of rotatable bonds is 5. The van der Waals surface area contributed by atoms with Crippen LogP contribution in [0.3, 0.4) is 0 Å². The van der Waals surface area contributed by atoms with Crippen molar-refractivity contribution in [1.29, 1.82) is 0 Å². The third-order valence-corrected chi connectivity index (χ3v) is 6.51. The highest BCUT2D eigenvalue weighted by molar-refractivity contribution is 7.88. The number of nitrogens with two attached hydrogens (primary N) is 1. The maximum atomic E-state index is 12.5. The highest BCUT2D eigenvalue weighted by Gasteiger charge is 2.29. The first kappa shape index (κ1) is 17.7. The molecule has 2 N–H and O–H groups in total. The Morgan fingerprint density at radius 1 is 1.00 bits per heavy atom. The molecule has 2 aliphatic rings. The van der Waals surface area contributed by atoms with E-state index in [1.807, 2.05) is 18.2 Å². The summed E-state index contributed by atoms with van der Waals surface area (Å²) in [7, 11) is -3.35. The molecule has 24 heavy (non-hydrogen) atoms. The standard InChI is InChI=1S/C17H27N3O3S/c18-15-6-8-17(9-7-15)23-14-24(21,22)20-12-10-19(11-13-20)16-4-2-1-3-5-16/h1-5,15,17H,6-14,18H2. The summed E-state index contributed by atoms with van der Waals surface area (Å²) in [5.41, 5.74) is 7.01. The molecular weight excluding hydrogens is 326 g/mol. The maximum Gasteiger partial charge on any atom is 0.238 e. The number of nitrogens with zero attached hydrogens (tertiary/aromatic N) is 2. The van der Waals surface area contributed by atoms with Crippen LogP contribution in [-0.2, 0) is 14.8 Å². The van der Waals surface area contributed by atoms with E-state index in [1.54, 1.807) is 4.31 Å². The first-order chi connectivity index (χ1) is 11.5. The predicted octanol–water partition coefficient (Wildman–Crippen LogP) is 1.38. The normalized spacial score (nSPS) is 26.5. The fraction of sp³-hybridized carbons (Fsp3) is 0.647. The molecule has 0 bridgehead atoms. The van der Waals surface area contributed by atoms with Crippen molar-refractivity contribution in [1.82, 2.24) is 4.31 Å². The van der Waals surface area contributed by atoms with Gasteiger partial charge in [0, 0.05) is 37.9 Å². The van der Waals surface area contributed by atoms with Gasteiger partial charge >= 0.3 is 0 Å². The molecule has 1 aliphatic heterocycles. The predicted molar refractivity (Wildman–Crippen MR) is 95.3 cm³/mol. The maximum absolute atomic E-state index is 12.5. The van der Waals surface area contributed by atoms with Crippen LogP contribution in [0.1, 0.15) is 25.7 Å². The third-order valence-electron chi connectivity index (χ3n) is 4.92. The highest BCUT2D eigenvalue weighted by atomic mass is 32.2. The smallest absolute Gasteiger partial charge is 0.238 e. The SMILES string of the molecule is NC1CCC(OCS(=O)(=O)N2CCN(c3ccccc3)CC2)CC1. The van der Waals surface area contributed by atoms with Crippen LogP contribution in [0.15, 0.2) is 30.3 Å². The fourth-order valence-electron chi connectivity index (χ4n) is 3.38. The van der Waals surface area contributed by atoms with Gasteiger partial charge in [-0.3, -0.25) is 0 Å². The molecule has 1 saturated heterocycles. The Hall–Kier alpha value is -1.15. The summed E-state index contributed by atoms with van der Waals surface area (Å²) in [6.07, 6.45) is 3.59. The van der Waals surface area contributed by atoms with E-state index in [9.17, 15) is 8.42 Å². The van der Waals surface area contributed by atoms with Gasteiger partial charge in [-0.25, -0.2) is 8.42 Å². The van der Waals surface area contributed by atoms with Crippen LogP contribution in [0.4, 0.5) is 5.69 Å². The first-order valence-electron chi connectivity index (χ1n) is 8.69. The molecule has 134 valence electrons. The number of para-hydroxylation sites is 1. The summed E-state index contributed by atoms with van der Waals surface area (Å²) in [6.45, 7) is 2.44. The average Bonchev–Trinajstić information content (AvgIpc) is 2.62. The second-order valence-corrected chi connectivity index (χ2v) is 8.57. The summed E-state index contributed by atoms with van der Waals surface area (Å²) in [4.78, 5) is 2.22. The zero-order valence-corrected chi connectivity index (χ0v) is 14.8. The van der Waals surface area contributed by atoms with Crippen molar-refractivity contribution in [2.75, 3.05) is 37.0 Å². The molecule has 2 fully saturated rings. The zero-order chi connectivity index (χ0) is 17.0. The minimum Gasteiger partial charge on any atom is -0.369 e. The number of piperazine rings is 1. The number of hydrogen-bond donors (Lipinski definition) is 1. The summed E-state index contributed by atoms with van der Waals surface area (Å²) in [5, 5.41) is 0. The van der Waals surface area contributed by atoms with Crippen molar-refractivity contribution >= 4 is 15.7 Å². The van der Waals surface area contributed by atoms with E-state index in [0.717, 1.165) is 31.4 Å². The molecule has 0 amide bonds. The van der Waals surface area contributed by atoms with E-state index in [1.165, 1.54) is 0 Å². The molecule has 7 heteroatoms. The van der Waals surface area contributed by atoms with Crippen molar-refractivity contribution in [2.24, 2.45) is 5.73 Å². The molecule has 0 atom stereocenters. The van der Waals surface area contributed by atoms with Gasteiger partial charge in [-0.2, -0.15) is 4.31 Å². The Kier molecular flexibility index (Phi) is 5.76. The lowest BCUT2D eigenvalue weighted by atomic mass is 9.94. The van der Waals surface area contributed by atoms with Crippen LogP contribution in [0.5, 0.6) is 0 Å². The van der Waals surface area contributed by atoms with Crippen LogP contribution >= 0.6 is 0 Å². The minimum absolute atomic E-state index is 0.0326. The molecule has 0 radical (unpaired) electrons. The van der Waals surface area contributed by atoms with Gasteiger partial charge in [0.1, 0.15) is 0 Å². The molecule has 1 saturated carbocycles. The summed E-state index contributed by atoms with van der Waals surface area (Å²) >= 11 is 0. The second-order valence-electron chi connectivity index (χ2n) is 6.65. The lowest BCUT2D eigenvalue weighted by molar-refractivity contribution is 0.0507. The lowest BCUT2D eigenvalue weighted by Crippen LogP contribution is -2.49. The topological polar surface area (TPSA) is 75.9 Å². The van der Waals surface area contributed by atoms with Gasteiger partial charge in [-0.1, -0.05) is 18.2 Å². The number of sulfonamides is 1. The molecule has 6 nitrogen and oxygen atoms in total. The van der Waals surface area contributed by atoms with E-state index in [-0.39, 0.29) is 18.1 Å². The number of benzene rings is 1. The Morgan fingerprint density at radius 3 is 2.25 bits per heavy atom. The molecule has 1 aromatic rings. The van der Waals surface area contributed by atoms with Crippen LogP contribution in [0.25, 0.3) is 0 Å². The van der Waals surface area contributed by atoms with Gasteiger partial charge in [0.05, 0.1) is 6.10 Å². The fourth-order valence-corrected chi connectivity index (χ4v) is 4.61. The van der Waals surface area contributed by atoms with Crippen molar-refractivity contribution in [3.05, 3.63) is 30.3 Å². The monoisotopic (exact) mass is 353 g/mol. The second kappa shape index (κ2) is 7.82. The lowest BCUT2D eigenvalue weighted by Gasteiger charge is -2.35. The zero-order valence-electron chi connectivity index (χ0n) is 14.0. The molecule has 1 heterocycles. The van der Waals surface area contributed by atoms with Gasteiger partial charge in [-0.05, 0) is 37.8 Å². The van der Waals surface area contributed by atoms with Crippen molar-refractivity contribution in [3.63, 3.8) is 0 Å². The van der Waals surface area contributed by atoms with E-state index >= 15 is 0 Å². The molecular formula is C17H27N3O3S. The Balaban J connectivity index is 1.48. The van der Waals surface area contributed by atoms with Crippen molar-refractivity contribution in [3.8, 4) is 0 Å². The van der Waals surface area contributed by atoms with Gasteiger partial charge < -0.3 is 15.4 Å². The number of anilines is 1. The Bertz CT molecular complexity index is 607. The summed E-state index contributed by atoms with van der Waals surface area (Å²) in [6, 6.07) is 10.3. The van der Waals surface area contributed by atoms with Crippen LogP contribution in [0, 0.1) is 0 Å². The number of ether oxygens (including phenoxy) is 1. The molecule has 3 rings (SSSR count). The molecule has 0 spiro atoms. The van der Waals surface area contributed by atoms with E-state index in [0.29, 0.717) is 26.2 Å². The van der Waals surface area contributed by atoms with E-state index in [2.05, 4.69) is 17.0 Å². The van der Waals surface area contributed by atoms with E-state index < -0.39 is 10.0 Å². The Labute approximate surface area is 144 Å². The quantitative estimate of drug-likeness (QED) is 0.865. The summed E-state index contributed by atoms with van der Waals surface area (Å²) < 4.78 is 32.2. The van der Waals surface area contributed by atoms with Crippen LogP contribution < -0.4 is 10.6 Å². The largest absolute Gasteiger partial charge is 0.369 e. The van der Waals surface area contributed by atoms with Crippen LogP contribution in [0.2, 0.25) is 0 Å². The van der Waals surface area contributed by atoms with Gasteiger partial charge in [0.2, 0.25) is 10.0 Å². The van der Waals surface area contributed by atoms with Crippen molar-refractivity contribution in [2.45, 2.75) is 37.8 Å². The van der Waals surface area contributed by atoms with E-state index in [4.69, 9.17) is 10.5 Å². The highest BCUT2D eigenvalue weighted by Crippen LogP contribution is 2.21. The summed E-state index contributed by atoms with van der Waals surface area (Å²) in [5.74, 6) is -0.210. The number of hydrogen-bond acceptors (Lipinski definition) is 5. The first-order valence-corrected chi connectivity index (χ1v) is 10.3. The minimum atomic E-state index is -3.35. The molecule has 1 aliphatic carbocycles. The van der Waals surface area contributed by atoms with Gasteiger partial charge in [0.25, 0.3) is 0 Å². The van der Waals surface area contributed by atoms with Crippen molar-refractivity contribution < 1.29 is 13.2 Å². The molecule has 0 aromatic heterocycles. The van der Waals surface area contributed by atoms with Crippen LogP contribution in [-0.4, -0.2) is 57.0 Å².